The Kier molecular flexibility index (Phi) is 7.92. The number of rotatable bonds is 9. The molecule has 0 spiro atoms. The first-order chi connectivity index (χ1) is 19.4. The van der Waals surface area contributed by atoms with Crippen LogP contribution in [0.3, 0.4) is 0 Å². The highest BCUT2D eigenvalue weighted by molar-refractivity contribution is 7.13. The molecule has 9 nitrogen and oxygen atoms in total. The van der Waals surface area contributed by atoms with Gasteiger partial charge in [-0.25, -0.2) is 4.39 Å². The second kappa shape index (κ2) is 11.9. The summed E-state index contributed by atoms with van der Waals surface area (Å²) in [6.45, 7) is 1.70. The van der Waals surface area contributed by atoms with E-state index in [2.05, 4.69) is 20.7 Å². The number of amides is 2. The number of nitrogens with zero attached hydrogens (tertiary/aromatic N) is 5. The molecule has 40 heavy (non-hydrogen) atoms. The van der Waals surface area contributed by atoms with Crippen LogP contribution in [0.25, 0.3) is 10.7 Å². The normalized spacial score (nSPS) is 11.7. The summed E-state index contributed by atoms with van der Waals surface area (Å²) in [7, 11) is 0. The molecule has 202 valence electrons. The van der Waals surface area contributed by atoms with Gasteiger partial charge in [-0.3, -0.25) is 14.5 Å². The van der Waals surface area contributed by atoms with Crippen LogP contribution in [0.4, 0.5) is 10.1 Å². The molecule has 0 aliphatic carbocycles. The number of aromatic nitrogens is 4. The predicted molar refractivity (Wildman–Crippen MR) is 149 cm³/mol. The summed E-state index contributed by atoms with van der Waals surface area (Å²) in [4.78, 5) is 31.2. The van der Waals surface area contributed by atoms with Crippen molar-refractivity contribution in [3.8, 4) is 16.5 Å². The third kappa shape index (κ3) is 6.05. The third-order valence-electron chi connectivity index (χ3n) is 6.21. The lowest BCUT2D eigenvalue weighted by molar-refractivity contribution is -0.127. The summed E-state index contributed by atoms with van der Waals surface area (Å²) in [6.07, 6.45) is 0. The Hall–Kier alpha value is -4.90. The Morgan fingerprint density at radius 2 is 1.77 bits per heavy atom. The molecule has 0 unspecified atom stereocenters. The first kappa shape index (κ1) is 26.7. The monoisotopic (exact) mass is 556 g/mol. The number of hydrogen-bond acceptors (Lipinski definition) is 7. The van der Waals surface area contributed by atoms with E-state index in [1.54, 1.807) is 36.4 Å². The van der Waals surface area contributed by atoms with Crippen molar-refractivity contribution < 1.29 is 19.1 Å². The second-order valence-electron chi connectivity index (χ2n) is 9.01. The lowest BCUT2D eigenvalue weighted by atomic mass is 10.0. The van der Waals surface area contributed by atoms with Crippen LogP contribution in [0.2, 0.25) is 0 Å². The Balaban J connectivity index is 1.50. The summed E-state index contributed by atoms with van der Waals surface area (Å²) in [6, 6.07) is 21.8. The Morgan fingerprint density at radius 1 is 1.02 bits per heavy atom. The van der Waals surface area contributed by atoms with Crippen molar-refractivity contribution in [3.63, 3.8) is 0 Å². The maximum Gasteiger partial charge on any atom is 0.251 e. The van der Waals surface area contributed by atoms with Crippen molar-refractivity contribution >= 4 is 28.8 Å². The highest BCUT2D eigenvalue weighted by Gasteiger charge is 2.34. The quantitative estimate of drug-likeness (QED) is 0.273. The molecule has 5 rings (SSSR count). The number of carbonyl (C=O) groups excluding carboxylic acids is 2. The number of tetrazole rings is 1. The van der Waals surface area contributed by atoms with Crippen LogP contribution < -0.4 is 10.2 Å². The number of halogens is 1. The number of anilines is 1. The number of aryl methyl sites for hydroxylation is 1. The van der Waals surface area contributed by atoms with Crippen LogP contribution in [0, 0.1) is 12.7 Å². The molecule has 2 aromatic heterocycles. The van der Waals surface area contributed by atoms with Gasteiger partial charge in [-0.2, -0.15) is 4.80 Å². The van der Waals surface area contributed by atoms with Gasteiger partial charge < -0.3 is 10.4 Å². The fourth-order valence-corrected chi connectivity index (χ4v) is 4.87. The van der Waals surface area contributed by atoms with Crippen LogP contribution in [0.5, 0.6) is 5.75 Å². The van der Waals surface area contributed by atoms with Crippen LogP contribution in [0.15, 0.2) is 90.3 Å². The van der Waals surface area contributed by atoms with Gasteiger partial charge in [0.2, 0.25) is 11.7 Å². The molecule has 3 aromatic carbocycles. The fraction of sp³-hybridized carbons (Fsp3) is 0.138. The average molecular weight is 557 g/mol. The van der Waals surface area contributed by atoms with Crippen molar-refractivity contribution in [1.82, 2.24) is 25.5 Å². The van der Waals surface area contributed by atoms with Gasteiger partial charge in [0.05, 0.1) is 4.88 Å². The van der Waals surface area contributed by atoms with Crippen LogP contribution in [-0.4, -0.2) is 37.1 Å². The molecule has 1 atom stereocenters. The SMILES string of the molecule is Cc1ccccc1N(C(=O)Cn1nnc(-c2cccs2)n1)[C@H](C(=O)NCc1ccc(F)cc1)c1ccc(O)cc1. The summed E-state index contributed by atoms with van der Waals surface area (Å²) in [5.41, 5.74) is 2.48. The van der Waals surface area contributed by atoms with E-state index in [-0.39, 0.29) is 24.7 Å². The van der Waals surface area contributed by atoms with Crippen LogP contribution in [-0.2, 0) is 22.7 Å². The number of thiophene rings is 1. The van der Waals surface area contributed by atoms with Gasteiger partial charge in [-0.05, 0) is 70.6 Å². The number of nitrogens with one attached hydrogen (secondary N) is 1. The minimum absolute atomic E-state index is 0.0240. The van der Waals surface area contributed by atoms with E-state index < -0.39 is 17.9 Å². The zero-order valence-electron chi connectivity index (χ0n) is 21.4. The number of hydrogen-bond donors (Lipinski definition) is 2. The van der Waals surface area contributed by atoms with E-state index in [0.717, 1.165) is 10.4 Å². The largest absolute Gasteiger partial charge is 0.508 e. The summed E-state index contributed by atoms with van der Waals surface area (Å²) < 4.78 is 13.4. The maximum absolute atomic E-state index is 14.0. The third-order valence-corrected chi connectivity index (χ3v) is 7.08. The average Bonchev–Trinajstić information content (AvgIpc) is 3.65. The van der Waals surface area contributed by atoms with E-state index in [0.29, 0.717) is 22.6 Å². The first-order valence-electron chi connectivity index (χ1n) is 12.4. The number of aromatic hydroxyl groups is 1. The highest BCUT2D eigenvalue weighted by atomic mass is 32.1. The standard InChI is InChI=1S/C29H25FN6O3S/c1-19-5-2-3-6-24(19)36(26(38)18-35-33-28(32-34-35)25-7-4-16-40-25)27(21-10-14-23(37)15-11-21)29(39)31-17-20-8-12-22(30)13-9-20/h2-16,27,37H,17-18H2,1H3,(H,31,39)/t27-/m0/s1. The van der Waals surface area contributed by atoms with Gasteiger partial charge >= 0.3 is 0 Å². The van der Waals surface area contributed by atoms with Crippen molar-refractivity contribution in [2.45, 2.75) is 26.1 Å². The van der Waals surface area contributed by atoms with Crippen molar-refractivity contribution in [3.05, 3.63) is 113 Å². The summed E-state index contributed by atoms with van der Waals surface area (Å²) in [5, 5.41) is 27.1. The molecule has 0 bridgehead atoms. The molecule has 5 aromatic rings. The molecule has 2 amide bonds. The molecule has 2 N–H and O–H groups in total. The molecule has 2 heterocycles. The van der Waals surface area contributed by atoms with Gasteiger partial charge in [0, 0.05) is 12.2 Å². The van der Waals surface area contributed by atoms with Gasteiger partial charge in [-0.15, -0.1) is 21.5 Å². The first-order valence-corrected chi connectivity index (χ1v) is 13.3. The van der Waals surface area contributed by atoms with Gasteiger partial charge in [-0.1, -0.05) is 48.5 Å². The van der Waals surface area contributed by atoms with Gasteiger partial charge in [0.1, 0.15) is 24.2 Å². The number of para-hydroxylation sites is 1. The summed E-state index contributed by atoms with van der Waals surface area (Å²) >= 11 is 1.46. The molecule has 0 saturated heterocycles. The smallest absolute Gasteiger partial charge is 0.251 e. The molecular formula is C29H25FN6O3S. The second-order valence-corrected chi connectivity index (χ2v) is 9.96. The lowest BCUT2D eigenvalue weighted by Crippen LogP contribution is -2.45. The predicted octanol–water partition coefficient (Wildman–Crippen LogP) is 4.65. The minimum atomic E-state index is -1.10. The van der Waals surface area contributed by atoms with Crippen molar-refractivity contribution in [2.75, 3.05) is 4.90 Å². The molecular weight excluding hydrogens is 531 g/mol. The number of phenolic OH excluding ortho intramolecular Hbond substituents is 1. The number of benzene rings is 3. The van der Waals surface area contributed by atoms with E-state index in [1.807, 2.05) is 36.6 Å². The van der Waals surface area contributed by atoms with E-state index in [1.165, 1.54) is 45.3 Å². The highest BCUT2D eigenvalue weighted by Crippen LogP contribution is 2.32. The van der Waals surface area contributed by atoms with Crippen molar-refractivity contribution in [1.29, 1.82) is 0 Å². The zero-order valence-corrected chi connectivity index (χ0v) is 22.3. The minimum Gasteiger partial charge on any atom is -0.508 e. The topological polar surface area (TPSA) is 113 Å². The van der Waals surface area contributed by atoms with Gasteiger partial charge in [0.25, 0.3) is 5.91 Å². The Labute approximate surface area is 233 Å². The van der Waals surface area contributed by atoms with Crippen LogP contribution in [0.1, 0.15) is 22.7 Å². The molecule has 0 aliphatic rings. The van der Waals surface area contributed by atoms with Gasteiger partial charge in [0.15, 0.2) is 0 Å². The van der Waals surface area contributed by atoms with Crippen molar-refractivity contribution in [2.24, 2.45) is 0 Å². The lowest BCUT2D eigenvalue weighted by Gasteiger charge is -2.32. The Bertz CT molecular complexity index is 1600. The summed E-state index contributed by atoms with van der Waals surface area (Å²) in [5.74, 6) is -0.859. The Morgan fingerprint density at radius 3 is 2.48 bits per heavy atom. The van der Waals surface area contributed by atoms with E-state index >= 15 is 0 Å². The fourth-order valence-electron chi connectivity index (χ4n) is 4.23. The molecule has 11 heteroatoms. The molecule has 0 fully saturated rings. The maximum atomic E-state index is 14.0. The number of phenols is 1. The van der Waals surface area contributed by atoms with E-state index in [4.69, 9.17) is 0 Å². The zero-order chi connectivity index (χ0) is 28.1. The molecule has 0 radical (unpaired) electrons. The molecule has 0 saturated carbocycles. The van der Waals surface area contributed by atoms with E-state index in [9.17, 15) is 19.1 Å². The molecule has 0 aliphatic heterocycles. The van der Waals surface area contributed by atoms with Crippen LogP contribution >= 0.6 is 11.3 Å². The number of carbonyl (C=O) groups is 2.